The molecule has 18 nitrogen and oxygen atoms in total. The summed E-state index contributed by atoms with van der Waals surface area (Å²) in [7, 11) is 0. The van der Waals surface area contributed by atoms with Gasteiger partial charge in [0.15, 0.2) is 23.0 Å². The van der Waals surface area contributed by atoms with E-state index in [0.29, 0.717) is 103 Å². The molecule has 22 heteroatoms. The normalized spacial score (nSPS) is 16.9. The van der Waals surface area contributed by atoms with Gasteiger partial charge in [0.05, 0.1) is 63.8 Å². The summed E-state index contributed by atoms with van der Waals surface area (Å²) >= 11 is 3.00. The molecule has 4 aliphatic rings. The molecule has 0 aliphatic carbocycles. The fourth-order valence-electron chi connectivity index (χ4n) is 6.32. The Morgan fingerprint density at radius 3 is 1.55 bits per heavy atom. The Balaban J connectivity index is 0.000000629. The summed E-state index contributed by atoms with van der Waals surface area (Å²) in [6.07, 6.45) is 6.36. The number of fused-ring (bicyclic) bond motifs is 2. The second kappa shape index (κ2) is 46.5. The Kier molecular flexibility index (Phi) is 44.7. The molecule has 0 aromatic carbocycles. The van der Waals surface area contributed by atoms with Gasteiger partial charge in [-0.1, -0.05) is 20.8 Å². The number of epoxide rings is 1. The molecule has 0 amide bonds. The van der Waals surface area contributed by atoms with E-state index in [-0.39, 0.29) is 76.7 Å². The van der Waals surface area contributed by atoms with Crippen LogP contribution in [0.4, 0.5) is 0 Å². The first-order valence-electron chi connectivity index (χ1n) is 25.0. The molecule has 0 saturated carbocycles. The summed E-state index contributed by atoms with van der Waals surface area (Å²) < 4.78 is 76.3. The number of hydrogen-bond donors (Lipinski definition) is 2. The fourth-order valence-corrected chi connectivity index (χ4v) is 8.26. The molecule has 2 N–H and O–H groups in total. The van der Waals surface area contributed by atoms with E-state index in [2.05, 4.69) is 20.8 Å². The van der Waals surface area contributed by atoms with Crippen molar-refractivity contribution in [2.75, 3.05) is 152 Å². The predicted molar refractivity (Wildman–Crippen MR) is 259 cm³/mol. The molecule has 6 heterocycles. The van der Waals surface area contributed by atoms with Crippen molar-refractivity contribution in [3.63, 3.8) is 0 Å². The van der Waals surface area contributed by atoms with Crippen LogP contribution in [0, 0.1) is 0 Å². The summed E-state index contributed by atoms with van der Waals surface area (Å²) in [6, 6.07) is 0. The van der Waals surface area contributed by atoms with Crippen molar-refractivity contribution in [3.8, 4) is 23.0 Å². The summed E-state index contributed by atoms with van der Waals surface area (Å²) in [4.78, 5) is 1.87. The molecular weight excluding hydrogens is 955 g/mol. The summed E-state index contributed by atoms with van der Waals surface area (Å²) in [5, 5.41) is 45.7. The van der Waals surface area contributed by atoms with E-state index < -0.39 is 24.9 Å². The first kappa shape index (κ1) is 68.2. The van der Waals surface area contributed by atoms with E-state index in [1.807, 2.05) is 10.8 Å². The number of rotatable bonds is 36. The van der Waals surface area contributed by atoms with Gasteiger partial charge in [-0.3, -0.25) is 0 Å². The number of aliphatic hydroxyl groups is 2. The van der Waals surface area contributed by atoms with Gasteiger partial charge in [-0.05, 0) is 57.8 Å². The molecule has 71 heavy (non-hydrogen) atoms. The molecule has 2 aromatic rings. The van der Waals surface area contributed by atoms with E-state index in [4.69, 9.17) is 66.3 Å². The van der Waals surface area contributed by atoms with E-state index in [1.165, 1.54) is 24.2 Å². The third-order valence-corrected chi connectivity index (χ3v) is 11.8. The maximum absolute atomic E-state index is 11.0. The van der Waals surface area contributed by atoms with Gasteiger partial charge in [-0.2, -0.15) is 6.61 Å². The fraction of sp³-hybridized carbons (Fsp3) is 0.837. The summed E-state index contributed by atoms with van der Waals surface area (Å²) in [6.45, 7) is 18.7. The molecule has 6 rings (SSSR count). The van der Waals surface area contributed by atoms with Crippen molar-refractivity contribution in [1.29, 1.82) is 0 Å². The first-order chi connectivity index (χ1) is 33.9. The van der Waals surface area contributed by atoms with Crippen LogP contribution in [0.25, 0.3) is 0 Å². The van der Waals surface area contributed by atoms with Crippen LogP contribution in [0.15, 0.2) is 10.8 Å². The molecule has 0 radical (unpaired) electrons. The van der Waals surface area contributed by atoms with Crippen molar-refractivity contribution >= 4 is 22.7 Å². The molecule has 402 valence electrons. The standard InChI is InChI=1S/C28H50O10S.C9H10O4S.C8H16O3.C4H8O.2Li/c1-3-8-31-10-5-12-33-18-23(29)19-35-14-7-25(17-27-28-26(22-39-27)36-15-16-37-28)38-21-24(30)20-34-13-6-11-32-9-4-2;10-4-6(11)3-8-9-7(5-14-8)12-1-2-13-9;1-2-3-9-4-5-10-6-8-7-11-8;1-2-4-5-3-1;;/h22-25,29-30H,3-21H2,1-2H3;5-6H,1-4H2;8H,2-7H2,1H3;1-4H2;;/q;-2;;;2*+1. The van der Waals surface area contributed by atoms with Crippen molar-refractivity contribution in [1.82, 2.24) is 0 Å². The van der Waals surface area contributed by atoms with E-state index in [0.717, 1.165) is 99.6 Å². The monoisotopic (exact) mass is 1040 g/mol. The number of ether oxygens (including phenoxy) is 14. The first-order valence-corrected chi connectivity index (χ1v) is 26.8. The van der Waals surface area contributed by atoms with Crippen LogP contribution in [0.1, 0.15) is 81.9 Å². The van der Waals surface area contributed by atoms with Gasteiger partial charge in [-0.25, -0.2) is 0 Å². The van der Waals surface area contributed by atoms with Crippen LogP contribution < -0.4 is 66.9 Å². The Labute approximate surface area is 455 Å². The maximum Gasteiger partial charge on any atom is 1.00 e. The third kappa shape index (κ3) is 34.5. The van der Waals surface area contributed by atoms with Gasteiger partial charge in [0.25, 0.3) is 0 Å². The molecule has 4 aliphatic heterocycles. The molecule has 2 saturated heterocycles. The Morgan fingerprint density at radius 1 is 0.592 bits per heavy atom. The average Bonchev–Trinajstić information content (AvgIpc) is 3.67. The molecule has 5 atom stereocenters. The predicted octanol–water partition coefficient (Wildman–Crippen LogP) is -1.97. The number of aliphatic hydroxyl groups excluding tert-OH is 2. The van der Waals surface area contributed by atoms with Crippen LogP contribution in [0.3, 0.4) is 0 Å². The molecule has 5 unspecified atom stereocenters. The van der Waals surface area contributed by atoms with Crippen molar-refractivity contribution < 1.29 is 124 Å². The minimum absolute atomic E-state index is 0. The quantitative estimate of drug-likeness (QED) is 0.0430. The van der Waals surface area contributed by atoms with Crippen LogP contribution in [0.2, 0.25) is 0 Å². The topological polar surface area (TPSA) is 219 Å². The van der Waals surface area contributed by atoms with Crippen molar-refractivity contribution in [3.05, 3.63) is 20.5 Å². The van der Waals surface area contributed by atoms with E-state index >= 15 is 0 Å². The second-order valence-corrected chi connectivity index (χ2v) is 18.4. The molecule has 2 fully saturated rings. The van der Waals surface area contributed by atoms with Gasteiger partial charge < -0.3 is 86.7 Å². The SMILES string of the molecule is C1CCOC1.CCCOCCCOCC(O)COCCC(Cc1scc2c1OCCO2)OCC(O)COCCCOCCC.CCCOCCOCC1CO1.[Li+].[Li+].[O-]CC([O-])Cc1scc2c1OCCO2. The molecule has 2 aromatic heterocycles. The van der Waals surface area contributed by atoms with Gasteiger partial charge in [0.2, 0.25) is 0 Å². The zero-order chi connectivity index (χ0) is 49.4. The summed E-state index contributed by atoms with van der Waals surface area (Å²) in [5.41, 5.74) is 0. The maximum atomic E-state index is 11.0. The zero-order valence-corrected chi connectivity index (χ0v) is 45.3. The molecule has 0 bridgehead atoms. The minimum atomic E-state index is -1.08. The van der Waals surface area contributed by atoms with Crippen LogP contribution in [0.5, 0.6) is 23.0 Å². The van der Waals surface area contributed by atoms with Gasteiger partial charge in [0, 0.05) is 88.1 Å². The molecular formula is C49H84Li2O18S2. The Morgan fingerprint density at radius 2 is 1.06 bits per heavy atom. The Bertz CT molecular complexity index is 1470. The largest absolute Gasteiger partial charge is 1.00 e. The minimum Gasteiger partial charge on any atom is -0.855 e. The van der Waals surface area contributed by atoms with Crippen molar-refractivity contribution in [2.24, 2.45) is 0 Å². The van der Waals surface area contributed by atoms with Crippen LogP contribution in [-0.4, -0.2) is 193 Å². The Hall–Kier alpha value is -0.765. The second-order valence-electron chi connectivity index (χ2n) is 16.5. The van der Waals surface area contributed by atoms with Crippen LogP contribution >= 0.6 is 22.7 Å². The summed E-state index contributed by atoms with van der Waals surface area (Å²) in [5.74, 6) is 2.92. The van der Waals surface area contributed by atoms with Crippen LogP contribution in [-0.2, 0) is 60.2 Å². The number of hydrogen-bond acceptors (Lipinski definition) is 20. The smallest absolute Gasteiger partial charge is 0.855 e. The van der Waals surface area contributed by atoms with Gasteiger partial charge in [0.1, 0.15) is 44.7 Å². The van der Waals surface area contributed by atoms with Crippen molar-refractivity contribution in [2.45, 2.75) is 115 Å². The third-order valence-electron chi connectivity index (χ3n) is 9.90. The number of thiophene rings is 2. The molecule has 0 spiro atoms. The van der Waals surface area contributed by atoms with E-state index in [1.54, 1.807) is 11.3 Å². The zero-order valence-electron chi connectivity index (χ0n) is 43.6. The van der Waals surface area contributed by atoms with E-state index in [9.17, 15) is 20.4 Å². The van der Waals surface area contributed by atoms with Gasteiger partial charge >= 0.3 is 37.7 Å². The average molecular weight is 1040 g/mol. The van der Waals surface area contributed by atoms with Gasteiger partial charge in [-0.15, -0.1) is 28.8 Å².